The first-order valence-electron chi connectivity index (χ1n) is 4.81. The third-order valence-electron chi connectivity index (χ3n) is 2.18. The van der Waals surface area contributed by atoms with E-state index in [0.29, 0.717) is 5.02 Å². The normalized spacial score (nSPS) is 12.4. The van der Waals surface area contributed by atoms with Crippen LogP contribution in [0.2, 0.25) is 5.02 Å². The maximum absolute atomic E-state index is 9.32. The predicted molar refractivity (Wildman–Crippen MR) is 67.0 cm³/mol. The highest BCUT2D eigenvalue weighted by molar-refractivity contribution is 7.09. The maximum Gasteiger partial charge on any atom is 0.0854 e. The van der Waals surface area contributed by atoms with Gasteiger partial charge in [-0.05, 0) is 12.1 Å². The van der Waals surface area contributed by atoms with Crippen molar-refractivity contribution in [1.82, 2.24) is 4.98 Å². The number of hydrogen-bond acceptors (Lipinski definition) is 4. The van der Waals surface area contributed by atoms with Crippen molar-refractivity contribution >= 4 is 28.6 Å². The van der Waals surface area contributed by atoms with Crippen LogP contribution in [-0.2, 0) is 0 Å². The van der Waals surface area contributed by atoms with Gasteiger partial charge in [-0.15, -0.1) is 11.3 Å². The van der Waals surface area contributed by atoms with E-state index < -0.39 is 0 Å². The SMILES string of the molecule is OCC(Nc1ccccc1Cl)c1cncs1. The Morgan fingerprint density at radius 1 is 1.44 bits per heavy atom. The molecule has 2 N–H and O–H groups in total. The van der Waals surface area contributed by atoms with Gasteiger partial charge in [-0.2, -0.15) is 0 Å². The summed E-state index contributed by atoms with van der Waals surface area (Å²) in [6, 6.07) is 7.30. The number of para-hydroxylation sites is 1. The zero-order valence-electron chi connectivity index (χ0n) is 8.43. The highest BCUT2D eigenvalue weighted by Gasteiger charge is 2.12. The van der Waals surface area contributed by atoms with Gasteiger partial charge in [0.25, 0.3) is 0 Å². The van der Waals surface area contributed by atoms with Crippen molar-refractivity contribution in [2.24, 2.45) is 0 Å². The number of halogens is 1. The summed E-state index contributed by atoms with van der Waals surface area (Å²) in [6.07, 6.45) is 1.75. The number of aliphatic hydroxyl groups excluding tert-OH is 1. The van der Waals surface area contributed by atoms with E-state index in [2.05, 4.69) is 10.3 Å². The fourth-order valence-corrected chi connectivity index (χ4v) is 2.22. The number of benzene rings is 1. The topological polar surface area (TPSA) is 45.1 Å². The van der Waals surface area contributed by atoms with Gasteiger partial charge in [-0.25, -0.2) is 0 Å². The van der Waals surface area contributed by atoms with Gasteiger partial charge in [0.05, 0.1) is 28.9 Å². The highest BCUT2D eigenvalue weighted by Crippen LogP contribution is 2.26. The van der Waals surface area contributed by atoms with Crippen molar-refractivity contribution in [3.8, 4) is 0 Å². The number of thiazole rings is 1. The molecule has 0 bridgehead atoms. The minimum Gasteiger partial charge on any atom is -0.394 e. The molecule has 0 amide bonds. The Morgan fingerprint density at radius 2 is 2.25 bits per heavy atom. The van der Waals surface area contributed by atoms with Gasteiger partial charge in [-0.3, -0.25) is 4.98 Å². The van der Waals surface area contributed by atoms with Crippen LogP contribution in [0.15, 0.2) is 36.0 Å². The number of aromatic nitrogens is 1. The molecule has 2 aromatic rings. The van der Waals surface area contributed by atoms with E-state index in [9.17, 15) is 5.11 Å². The fourth-order valence-electron chi connectivity index (χ4n) is 1.37. The van der Waals surface area contributed by atoms with Crippen LogP contribution in [0.3, 0.4) is 0 Å². The minimum atomic E-state index is -0.160. The van der Waals surface area contributed by atoms with Crippen LogP contribution in [0, 0.1) is 0 Å². The molecule has 5 heteroatoms. The molecule has 0 aliphatic rings. The van der Waals surface area contributed by atoms with Crippen molar-refractivity contribution in [2.75, 3.05) is 11.9 Å². The average Bonchev–Trinajstić information content (AvgIpc) is 2.81. The number of nitrogens with one attached hydrogen (secondary N) is 1. The monoisotopic (exact) mass is 254 g/mol. The smallest absolute Gasteiger partial charge is 0.0854 e. The lowest BCUT2D eigenvalue weighted by molar-refractivity contribution is 0.277. The summed E-state index contributed by atoms with van der Waals surface area (Å²) in [5, 5.41) is 13.2. The molecular formula is C11H11ClN2OS. The quantitative estimate of drug-likeness (QED) is 0.882. The van der Waals surface area contributed by atoms with Crippen molar-refractivity contribution < 1.29 is 5.11 Å². The lowest BCUT2D eigenvalue weighted by atomic mass is 10.2. The Kier molecular flexibility index (Phi) is 3.77. The molecule has 1 unspecified atom stereocenters. The van der Waals surface area contributed by atoms with E-state index in [-0.39, 0.29) is 12.6 Å². The van der Waals surface area contributed by atoms with E-state index in [0.717, 1.165) is 10.6 Å². The summed E-state index contributed by atoms with van der Waals surface area (Å²) in [5.41, 5.74) is 2.56. The van der Waals surface area contributed by atoms with Crippen LogP contribution in [0.1, 0.15) is 10.9 Å². The fraction of sp³-hybridized carbons (Fsp3) is 0.182. The molecule has 0 saturated heterocycles. The molecule has 1 heterocycles. The van der Waals surface area contributed by atoms with Gasteiger partial charge in [0.15, 0.2) is 0 Å². The molecule has 16 heavy (non-hydrogen) atoms. The van der Waals surface area contributed by atoms with Crippen molar-refractivity contribution in [3.63, 3.8) is 0 Å². The third kappa shape index (κ3) is 2.52. The van der Waals surface area contributed by atoms with Crippen LogP contribution >= 0.6 is 22.9 Å². The zero-order valence-corrected chi connectivity index (χ0v) is 10.0. The second-order valence-corrected chi connectivity index (χ2v) is 4.59. The van der Waals surface area contributed by atoms with Crippen LogP contribution < -0.4 is 5.32 Å². The lowest BCUT2D eigenvalue weighted by Crippen LogP contribution is -2.13. The average molecular weight is 255 g/mol. The van der Waals surface area contributed by atoms with E-state index in [1.54, 1.807) is 11.7 Å². The summed E-state index contributed by atoms with van der Waals surface area (Å²) in [7, 11) is 0. The van der Waals surface area contributed by atoms with E-state index in [1.807, 2.05) is 24.3 Å². The number of rotatable bonds is 4. The van der Waals surface area contributed by atoms with Gasteiger partial charge < -0.3 is 10.4 Å². The lowest BCUT2D eigenvalue weighted by Gasteiger charge is -2.16. The second kappa shape index (κ2) is 5.30. The first-order chi connectivity index (χ1) is 7.81. The molecule has 0 aliphatic heterocycles. The summed E-state index contributed by atoms with van der Waals surface area (Å²) in [6.45, 7) is 0.00736. The van der Waals surface area contributed by atoms with E-state index in [4.69, 9.17) is 11.6 Å². The van der Waals surface area contributed by atoms with E-state index >= 15 is 0 Å². The first kappa shape index (κ1) is 11.4. The highest BCUT2D eigenvalue weighted by atomic mass is 35.5. The number of anilines is 1. The molecule has 3 nitrogen and oxygen atoms in total. The number of aliphatic hydroxyl groups is 1. The van der Waals surface area contributed by atoms with Gasteiger partial charge in [0, 0.05) is 11.1 Å². The second-order valence-electron chi connectivity index (χ2n) is 3.26. The molecule has 0 fully saturated rings. The summed E-state index contributed by atoms with van der Waals surface area (Å²) in [4.78, 5) is 4.98. The van der Waals surface area contributed by atoms with Crippen molar-refractivity contribution in [2.45, 2.75) is 6.04 Å². The Hall–Kier alpha value is -1.10. The standard InChI is InChI=1S/C11H11ClN2OS/c12-8-3-1-2-4-9(8)14-10(6-15)11-5-13-7-16-11/h1-5,7,10,14-15H,6H2. The Balaban J connectivity index is 2.17. The number of hydrogen-bond donors (Lipinski definition) is 2. The van der Waals surface area contributed by atoms with Gasteiger partial charge in [0.1, 0.15) is 0 Å². The van der Waals surface area contributed by atoms with Gasteiger partial charge in [0.2, 0.25) is 0 Å². The van der Waals surface area contributed by atoms with Crippen molar-refractivity contribution in [1.29, 1.82) is 0 Å². The van der Waals surface area contributed by atoms with Gasteiger partial charge in [-0.1, -0.05) is 23.7 Å². The summed E-state index contributed by atoms with van der Waals surface area (Å²) in [5.74, 6) is 0. The van der Waals surface area contributed by atoms with Gasteiger partial charge >= 0.3 is 0 Å². The summed E-state index contributed by atoms with van der Waals surface area (Å²) >= 11 is 7.53. The molecule has 84 valence electrons. The molecule has 0 radical (unpaired) electrons. The first-order valence-corrected chi connectivity index (χ1v) is 6.07. The molecule has 1 aromatic heterocycles. The molecule has 1 aromatic carbocycles. The molecular weight excluding hydrogens is 244 g/mol. The molecule has 0 spiro atoms. The third-order valence-corrected chi connectivity index (χ3v) is 3.40. The predicted octanol–water partition coefficient (Wildman–Crippen LogP) is 2.94. The molecule has 2 rings (SSSR count). The van der Waals surface area contributed by atoms with Crippen LogP contribution in [0.4, 0.5) is 5.69 Å². The van der Waals surface area contributed by atoms with Crippen LogP contribution in [-0.4, -0.2) is 16.7 Å². The zero-order chi connectivity index (χ0) is 11.4. The Bertz CT molecular complexity index is 447. The molecule has 0 aliphatic carbocycles. The molecule has 0 saturated carbocycles. The Morgan fingerprint density at radius 3 is 2.88 bits per heavy atom. The van der Waals surface area contributed by atoms with Crippen LogP contribution in [0.5, 0.6) is 0 Å². The van der Waals surface area contributed by atoms with E-state index in [1.165, 1.54) is 11.3 Å². The van der Waals surface area contributed by atoms with Crippen LogP contribution in [0.25, 0.3) is 0 Å². The minimum absolute atomic E-state index is 0.00736. The number of nitrogens with zero attached hydrogens (tertiary/aromatic N) is 1. The maximum atomic E-state index is 9.32. The van der Waals surface area contributed by atoms with Crippen molar-refractivity contribution in [3.05, 3.63) is 45.9 Å². The Labute approximate surface area is 103 Å². The molecule has 1 atom stereocenters. The summed E-state index contributed by atoms with van der Waals surface area (Å²) < 4.78 is 0. The largest absolute Gasteiger partial charge is 0.394 e.